The van der Waals surface area contributed by atoms with Crippen LogP contribution < -0.4 is 5.32 Å². The van der Waals surface area contributed by atoms with Crippen molar-refractivity contribution in [2.75, 3.05) is 13.1 Å². The molecule has 6 heteroatoms. The number of nitrogens with one attached hydrogen (secondary N) is 1. The van der Waals surface area contributed by atoms with Crippen molar-refractivity contribution in [3.8, 4) is 0 Å². The summed E-state index contributed by atoms with van der Waals surface area (Å²) in [7, 11) is 0. The predicted octanol–water partition coefficient (Wildman–Crippen LogP) is 2.42. The summed E-state index contributed by atoms with van der Waals surface area (Å²) in [4.78, 5) is 38.0. The van der Waals surface area contributed by atoms with Gasteiger partial charge >= 0.3 is 5.97 Å². The second kappa shape index (κ2) is 9.04. The molecule has 2 unspecified atom stereocenters. The molecule has 0 aromatic heterocycles. The van der Waals surface area contributed by atoms with Gasteiger partial charge < -0.3 is 15.3 Å². The van der Waals surface area contributed by atoms with Crippen LogP contribution in [0.25, 0.3) is 0 Å². The molecule has 6 nitrogen and oxygen atoms in total. The van der Waals surface area contributed by atoms with E-state index in [1.54, 1.807) is 4.90 Å². The average Bonchev–Trinajstić information content (AvgIpc) is 2.59. The summed E-state index contributed by atoms with van der Waals surface area (Å²) in [5.41, 5.74) is -0.702. The molecule has 0 bridgehead atoms. The number of piperidine rings is 1. The molecule has 2 atom stereocenters. The molecule has 2 amide bonds. The Hall–Kier alpha value is -1.59. The number of carboxylic acids is 1. The zero-order valence-electron chi connectivity index (χ0n) is 15.4. The van der Waals surface area contributed by atoms with Crippen molar-refractivity contribution in [1.82, 2.24) is 10.2 Å². The highest BCUT2D eigenvalue weighted by molar-refractivity contribution is 5.83. The van der Waals surface area contributed by atoms with Crippen LogP contribution in [0.4, 0.5) is 0 Å². The molecular weight excluding hydrogens is 308 g/mol. The number of hydrogen-bond donors (Lipinski definition) is 2. The Labute approximate surface area is 145 Å². The second-order valence-electron chi connectivity index (χ2n) is 6.98. The summed E-state index contributed by atoms with van der Waals surface area (Å²) in [5, 5.41) is 12.1. The van der Waals surface area contributed by atoms with Crippen LogP contribution in [0.2, 0.25) is 0 Å². The number of hydrogen-bond acceptors (Lipinski definition) is 3. The Morgan fingerprint density at radius 3 is 2.38 bits per heavy atom. The smallest absolute Gasteiger partial charge is 0.305 e. The number of carboxylic acid groups (broad SMARTS) is 1. The molecule has 138 valence electrons. The van der Waals surface area contributed by atoms with Crippen molar-refractivity contribution in [2.45, 2.75) is 71.8 Å². The van der Waals surface area contributed by atoms with Crippen molar-refractivity contribution in [3.05, 3.63) is 0 Å². The normalized spacial score (nSPS) is 19.7. The minimum absolute atomic E-state index is 0.0239. The van der Waals surface area contributed by atoms with E-state index in [0.717, 1.165) is 19.3 Å². The number of aliphatic carboxylic acids is 1. The number of nitrogens with zero attached hydrogens (tertiary/aromatic N) is 1. The molecule has 1 heterocycles. The average molecular weight is 340 g/mol. The molecule has 0 radical (unpaired) electrons. The number of likely N-dealkylation sites (tertiary alicyclic amines) is 1. The Balaban J connectivity index is 2.75. The van der Waals surface area contributed by atoms with E-state index in [0.29, 0.717) is 25.9 Å². The first-order valence-electron chi connectivity index (χ1n) is 9.11. The second-order valence-corrected chi connectivity index (χ2v) is 6.98. The van der Waals surface area contributed by atoms with E-state index in [2.05, 4.69) is 5.32 Å². The minimum atomic E-state index is -0.906. The van der Waals surface area contributed by atoms with E-state index in [1.807, 2.05) is 27.7 Å². The van der Waals surface area contributed by atoms with Crippen LogP contribution in [0.15, 0.2) is 0 Å². The maximum absolute atomic E-state index is 12.7. The highest BCUT2D eigenvalue weighted by Gasteiger charge is 2.35. The summed E-state index contributed by atoms with van der Waals surface area (Å²) < 4.78 is 0. The SMILES string of the molecule is CCC(C)C(=O)N1CCCC(C(=O)NC(CC)(CC)CC(=O)O)C1. The van der Waals surface area contributed by atoms with Crippen LogP contribution in [0, 0.1) is 11.8 Å². The summed E-state index contributed by atoms with van der Waals surface area (Å²) in [6.07, 6.45) is 3.41. The minimum Gasteiger partial charge on any atom is -0.481 e. The maximum Gasteiger partial charge on any atom is 0.305 e. The lowest BCUT2D eigenvalue weighted by Gasteiger charge is -2.37. The van der Waals surface area contributed by atoms with Crippen LogP contribution in [0.3, 0.4) is 0 Å². The molecule has 0 aromatic carbocycles. The highest BCUT2D eigenvalue weighted by Crippen LogP contribution is 2.24. The van der Waals surface area contributed by atoms with Gasteiger partial charge in [-0.2, -0.15) is 0 Å². The third-order valence-corrected chi connectivity index (χ3v) is 5.37. The molecule has 0 spiro atoms. The molecule has 0 aliphatic carbocycles. The van der Waals surface area contributed by atoms with E-state index < -0.39 is 11.5 Å². The van der Waals surface area contributed by atoms with Crippen molar-refractivity contribution >= 4 is 17.8 Å². The standard InChI is InChI=1S/C18H32N2O4/c1-5-13(4)17(24)20-10-8-9-14(12-20)16(23)19-18(6-2,7-3)11-15(21)22/h13-14H,5-12H2,1-4H3,(H,19,23)(H,21,22). The van der Waals surface area contributed by atoms with Gasteiger partial charge in [0, 0.05) is 24.5 Å². The number of carbonyl (C=O) groups is 3. The maximum atomic E-state index is 12.7. The number of amides is 2. The van der Waals surface area contributed by atoms with Gasteiger partial charge in [0.1, 0.15) is 0 Å². The summed E-state index contributed by atoms with van der Waals surface area (Å²) in [5.74, 6) is -1.20. The van der Waals surface area contributed by atoms with Gasteiger partial charge in [0.25, 0.3) is 0 Å². The lowest BCUT2D eigenvalue weighted by atomic mass is 9.87. The van der Waals surface area contributed by atoms with Crippen LogP contribution in [-0.2, 0) is 14.4 Å². The fraction of sp³-hybridized carbons (Fsp3) is 0.833. The third-order valence-electron chi connectivity index (χ3n) is 5.37. The summed E-state index contributed by atoms with van der Waals surface area (Å²) in [6.45, 7) is 8.83. The molecule has 0 aromatic rings. The first kappa shape index (κ1) is 20.5. The van der Waals surface area contributed by atoms with Crippen molar-refractivity contribution < 1.29 is 19.5 Å². The zero-order valence-corrected chi connectivity index (χ0v) is 15.4. The number of carbonyl (C=O) groups excluding carboxylic acids is 2. The monoisotopic (exact) mass is 340 g/mol. The van der Waals surface area contributed by atoms with Gasteiger partial charge in [-0.05, 0) is 32.1 Å². The fourth-order valence-corrected chi connectivity index (χ4v) is 3.25. The fourth-order valence-electron chi connectivity index (χ4n) is 3.25. The Kier molecular flexibility index (Phi) is 7.70. The van der Waals surface area contributed by atoms with E-state index in [4.69, 9.17) is 5.11 Å². The first-order valence-corrected chi connectivity index (χ1v) is 9.11. The van der Waals surface area contributed by atoms with E-state index in [-0.39, 0.29) is 30.1 Å². The van der Waals surface area contributed by atoms with Crippen LogP contribution >= 0.6 is 0 Å². The van der Waals surface area contributed by atoms with Crippen LogP contribution in [-0.4, -0.2) is 46.4 Å². The summed E-state index contributed by atoms with van der Waals surface area (Å²) >= 11 is 0. The Morgan fingerprint density at radius 1 is 1.25 bits per heavy atom. The van der Waals surface area contributed by atoms with Crippen LogP contribution in [0.1, 0.15) is 66.2 Å². The van der Waals surface area contributed by atoms with Crippen LogP contribution in [0.5, 0.6) is 0 Å². The molecule has 1 rings (SSSR count). The summed E-state index contributed by atoms with van der Waals surface area (Å²) in [6, 6.07) is 0. The highest BCUT2D eigenvalue weighted by atomic mass is 16.4. The largest absolute Gasteiger partial charge is 0.481 e. The lowest BCUT2D eigenvalue weighted by Crippen LogP contribution is -2.54. The van der Waals surface area contributed by atoms with Crippen molar-refractivity contribution in [3.63, 3.8) is 0 Å². The van der Waals surface area contributed by atoms with Gasteiger partial charge in [-0.1, -0.05) is 27.7 Å². The number of rotatable bonds is 8. The van der Waals surface area contributed by atoms with Crippen molar-refractivity contribution in [1.29, 1.82) is 0 Å². The Morgan fingerprint density at radius 2 is 1.88 bits per heavy atom. The Bertz CT molecular complexity index is 460. The van der Waals surface area contributed by atoms with Gasteiger partial charge in [-0.25, -0.2) is 0 Å². The molecule has 1 saturated heterocycles. The molecular formula is C18H32N2O4. The molecule has 1 aliphatic heterocycles. The molecule has 1 fully saturated rings. The van der Waals surface area contributed by atoms with E-state index >= 15 is 0 Å². The van der Waals surface area contributed by atoms with E-state index in [1.165, 1.54) is 0 Å². The van der Waals surface area contributed by atoms with Gasteiger partial charge in [0.05, 0.1) is 12.3 Å². The molecule has 0 saturated carbocycles. The molecule has 1 aliphatic rings. The molecule has 2 N–H and O–H groups in total. The first-order chi connectivity index (χ1) is 11.3. The van der Waals surface area contributed by atoms with Gasteiger partial charge in [-0.15, -0.1) is 0 Å². The van der Waals surface area contributed by atoms with Gasteiger partial charge in [0.15, 0.2) is 0 Å². The molecule has 24 heavy (non-hydrogen) atoms. The van der Waals surface area contributed by atoms with Gasteiger partial charge in [-0.3, -0.25) is 14.4 Å². The predicted molar refractivity (Wildman–Crippen MR) is 92.5 cm³/mol. The van der Waals surface area contributed by atoms with E-state index in [9.17, 15) is 14.4 Å². The third kappa shape index (κ3) is 5.21. The zero-order chi connectivity index (χ0) is 18.3. The van der Waals surface area contributed by atoms with Crippen molar-refractivity contribution in [2.24, 2.45) is 11.8 Å². The topological polar surface area (TPSA) is 86.7 Å². The quantitative estimate of drug-likeness (QED) is 0.710. The van der Waals surface area contributed by atoms with Gasteiger partial charge in [0.2, 0.25) is 11.8 Å². The lowest BCUT2D eigenvalue weighted by molar-refractivity contribution is -0.140.